The van der Waals surface area contributed by atoms with Crippen molar-refractivity contribution in [2.24, 2.45) is 0 Å². The SMILES string of the molecule is Cc1ccc(Cl)c(OC(Cc2ccccc2)C(O)CN2CCC(n3c(=O)[nH]c4ccccc43)CC2)c1. The highest BCUT2D eigenvalue weighted by Gasteiger charge is 2.29. The quantitative estimate of drug-likeness (QED) is 0.354. The smallest absolute Gasteiger partial charge is 0.326 e. The van der Waals surface area contributed by atoms with Crippen LogP contribution in [-0.4, -0.2) is 51.4 Å². The molecule has 0 amide bonds. The number of rotatable bonds is 8. The van der Waals surface area contributed by atoms with Gasteiger partial charge in [-0.25, -0.2) is 4.79 Å². The molecule has 36 heavy (non-hydrogen) atoms. The average Bonchev–Trinajstić information content (AvgIpc) is 3.22. The average molecular weight is 506 g/mol. The minimum absolute atomic E-state index is 0.0546. The van der Waals surface area contributed by atoms with Gasteiger partial charge in [-0.2, -0.15) is 0 Å². The molecule has 0 saturated carbocycles. The molecule has 1 aromatic heterocycles. The third-order valence-electron chi connectivity index (χ3n) is 7.07. The van der Waals surface area contributed by atoms with Crippen LogP contribution in [0.15, 0.2) is 77.6 Å². The maximum atomic E-state index is 12.6. The molecule has 6 nitrogen and oxygen atoms in total. The van der Waals surface area contributed by atoms with E-state index in [-0.39, 0.29) is 11.7 Å². The molecule has 1 fully saturated rings. The number of imidazole rings is 1. The predicted molar refractivity (Wildman–Crippen MR) is 144 cm³/mol. The number of aliphatic hydroxyl groups excluding tert-OH is 1. The van der Waals surface area contributed by atoms with Crippen LogP contribution in [0, 0.1) is 6.92 Å². The molecule has 0 spiro atoms. The number of H-pyrrole nitrogens is 1. The summed E-state index contributed by atoms with van der Waals surface area (Å²) in [5.74, 6) is 0.592. The number of hydrogen-bond donors (Lipinski definition) is 2. The highest BCUT2D eigenvalue weighted by atomic mass is 35.5. The van der Waals surface area contributed by atoms with Gasteiger partial charge >= 0.3 is 5.69 Å². The van der Waals surface area contributed by atoms with Crippen molar-refractivity contribution in [1.82, 2.24) is 14.5 Å². The first-order valence-corrected chi connectivity index (χ1v) is 12.9. The Kier molecular flexibility index (Phi) is 7.46. The van der Waals surface area contributed by atoms with Gasteiger partial charge in [-0.05, 0) is 55.2 Å². The van der Waals surface area contributed by atoms with Gasteiger partial charge in [0, 0.05) is 32.1 Å². The Morgan fingerprint density at radius 1 is 1.06 bits per heavy atom. The minimum Gasteiger partial charge on any atom is -0.486 e. The first kappa shape index (κ1) is 24.6. The summed E-state index contributed by atoms with van der Waals surface area (Å²) >= 11 is 6.41. The number of nitrogens with one attached hydrogen (secondary N) is 1. The van der Waals surface area contributed by atoms with Crippen LogP contribution in [0.25, 0.3) is 11.0 Å². The molecule has 5 rings (SSSR count). The molecule has 1 aliphatic rings. The fraction of sp³-hybridized carbons (Fsp3) is 0.345. The molecule has 2 unspecified atom stereocenters. The maximum Gasteiger partial charge on any atom is 0.326 e. The molecule has 1 saturated heterocycles. The third-order valence-corrected chi connectivity index (χ3v) is 7.38. The number of aromatic amines is 1. The van der Waals surface area contributed by atoms with Crippen molar-refractivity contribution in [2.45, 2.75) is 44.4 Å². The third kappa shape index (κ3) is 5.51. The predicted octanol–water partition coefficient (Wildman–Crippen LogP) is 4.98. The monoisotopic (exact) mass is 505 g/mol. The molecule has 0 aliphatic carbocycles. The second kappa shape index (κ2) is 10.9. The van der Waals surface area contributed by atoms with E-state index in [1.54, 1.807) is 0 Å². The van der Waals surface area contributed by atoms with Gasteiger partial charge in [0.1, 0.15) is 18.0 Å². The van der Waals surface area contributed by atoms with Gasteiger partial charge in [-0.3, -0.25) is 4.57 Å². The van der Waals surface area contributed by atoms with Crippen LogP contribution in [0.2, 0.25) is 5.02 Å². The zero-order valence-electron chi connectivity index (χ0n) is 20.4. The number of ether oxygens (including phenoxy) is 1. The molecule has 3 aromatic carbocycles. The summed E-state index contributed by atoms with van der Waals surface area (Å²) in [5, 5.41) is 11.8. The number of benzene rings is 3. The van der Waals surface area contributed by atoms with Crippen molar-refractivity contribution in [3.63, 3.8) is 0 Å². The van der Waals surface area contributed by atoms with E-state index in [0.717, 1.165) is 48.1 Å². The number of piperidine rings is 1. The summed E-state index contributed by atoms with van der Waals surface area (Å²) in [6.07, 6.45) is 1.13. The second-order valence-corrected chi connectivity index (χ2v) is 10.1. The first-order chi connectivity index (χ1) is 17.5. The van der Waals surface area contributed by atoms with Crippen molar-refractivity contribution in [2.75, 3.05) is 19.6 Å². The maximum absolute atomic E-state index is 12.6. The number of nitrogens with zero attached hydrogens (tertiary/aromatic N) is 2. The molecule has 2 heterocycles. The van der Waals surface area contributed by atoms with Crippen molar-refractivity contribution < 1.29 is 9.84 Å². The van der Waals surface area contributed by atoms with Crippen LogP contribution in [0.5, 0.6) is 5.75 Å². The Morgan fingerprint density at radius 2 is 1.78 bits per heavy atom. The van der Waals surface area contributed by atoms with E-state index < -0.39 is 12.2 Å². The summed E-state index contributed by atoms with van der Waals surface area (Å²) in [6, 6.07) is 23.7. The fourth-order valence-electron chi connectivity index (χ4n) is 5.15. The van der Waals surface area contributed by atoms with Gasteiger partial charge in [-0.15, -0.1) is 0 Å². The van der Waals surface area contributed by atoms with Crippen molar-refractivity contribution in [3.05, 3.63) is 99.4 Å². The van der Waals surface area contributed by atoms with Crippen LogP contribution in [0.4, 0.5) is 0 Å². The summed E-state index contributed by atoms with van der Waals surface area (Å²) in [6.45, 7) is 4.10. The molecular weight excluding hydrogens is 474 g/mol. The summed E-state index contributed by atoms with van der Waals surface area (Å²) in [7, 11) is 0. The first-order valence-electron chi connectivity index (χ1n) is 12.5. The molecular formula is C29H32ClN3O3. The Balaban J connectivity index is 1.27. The Morgan fingerprint density at radius 3 is 2.56 bits per heavy atom. The van der Waals surface area contributed by atoms with E-state index in [4.69, 9.17) is 16.3 Å². The number of hydrogen-bond acceptors (Lipinski definition) is 4. The van der Waals surface area contributed by atoms with Crippen LogP contribution >= 0.6 is 11.6 Å². The van der Waals surface area contributed by atoms with Gasteiger partial charge in [0.15, 0.2) is 0 Å². The van der Waals surface area contributed by atoms with E-state index in [1.807, 2.05) is 84.3 Å². The largest absolute Gasteiger partial charge is 0.486 e. The van der Waals surface area contributed by atoms with Gasteiger partial charge in [0.25, 0.3) is 0 Å². The molecule has 7 heteroatoms. The standard InChI is InChI=1S/C29H32ClN3O3/c1-20-11-12-23(30)27(17-20)36-28(18-21-7-3-2-4-8-21)26(34)19-32-15-13-22(14-16-32)33-25-10-6-5-9-24(25)31-29(33)35/h2-12,17,22,26,28,34H,13-16,18-19H2,1H3,(H,31,35). The number of para-hydroxylation sites is 2. The lowest BCUT2D eigenvalue weighted by molar-refractivity contribution is 0.00562. The Bertz CT molecular complexity index is 1360. The van der Waals surface area contributed by atoms with Crippen LogP contribution < -0.4 is 10.4 Å². The van der Waals surface area contributed by atoms with Crippen molar-refractivity contribution in [1.29, 1.82) is 0 Å². The van der Waals surface area contributed by atoms with Gasteiger partial charge in [-0.1, -0.05) is 60.1 Å². The van der Waals surface area contributed by atoms with Crippen LogP contribution in [0.1, 0.15) is 30.0 Å². The lowest BCUT2D eigenvalue weighted by Crippen LogP contribution is -2.46. The Hall–Kier alpha value is -3.06. The van der Waals surface area contributed by atoms with Crippen LogP contribution in [0.3, 0.4) is 0 Å². The van der Waals surface area contributed by atoms with E-state index in [1.165, 1.54) is 0 Å². The van der Waals surface area contributed by atoms with Crippen molar-refractivity contribution >= 4 is 22.6 Å². The zero-order chi connectivity index (χ0) is 25.1. The van der Waals surface area contributed by atoms with Gasteiger partial charge in [0.2, 0.25) is 0 Å². The molecule has 2 atom stereocenters. The molecule has 2 N–H and O–H groups in total. The normalized spacial score (nSPS) is 16.8. The molecule has 0 radical (unpaired) electrons. The second-order valence-electron chi connectivity index (χ2n) is 9.70. The number of fused-ring (bicyclic) bond motifs is 1. The number of likely N-dealkylation sites (tertiary alicyclic amines) is 1. The van der Waals surface area contributed by atoms with Crippen LogP contribution in [-0.2, 0) is 6.42 Å². The minimum atomic E-state index is -0.700. The number of aryl methyl sites for hydroxylation is 1. The Labute approximate surface area is 216 Å². The zero-order valence-corrected chi connectivity index (χ0v) is 21.2. The van der Waals surface area contributed by atoms with E-state index in [0.29, 0.717) is 23.7 Å². The number of aliphatic hydroxyl groups is 1. The fourth-order valence-corrected chi connectivity index (χ4v) is 5.31. The number of aromatic nitrogens is 2. The molecule has 1 aliphatic heterocycles. The summed E-state index contributed by atoms with van der Waals surface area (Å²) in [5.41, 5.74) is 3.92. The van der Waals surface area contributed by atoms with E-state index in [2.05, 4.69) is 9.88 Å². The number of halogens is 1. The highest BCUT2D eigenvalue weighted by Crippen LogP contribution is 2.29. The summed E-state index contributed by atoms with van der Waals surface area (Å²) < 4.78 is 8.21. The van der Waals surface area contributed by atoms with E-state index in [9.17, 15) is 9.90 Å². The van der Waals surface area contributed by atoms with Gasteiger partial charge < -0.3 is 19.7 Å². The lowest BCUT2D eigenvalue weighted by atomic mass is 10.0. The highest BCUT2D eigenvalue weighted by molar-refractivity contribution is 6.32. The van der Waals surface area contributed by atoms with Gasteiger partial charge in [0.05, 0.1) is 16.1 Å². The molecule has 0 bridgehead atoms. The molecule has 4 aromatic rings. The van der Waals surface area contributed by atoms with E-state index >= 15 is 0 Å². The number of β-amino-alcohol motifs (C(OH)–C–C–N with tert-alkyl or cyclic N) is 1. The topological polar surface area (TPSA) is 70.5 Å². The lowest BCUT2D eigenvalue weighted by Gasteiger charge is -2.35. The van der Waals surface area contributed by atoms with Crippen molar-refractivity contribution in [3.8, 4) is 5.75 Å². The summed E-state index contributed by atoms with van der Waals surface area (Å²) in [4.78, 5) is 17.8. The molecule has 188 valence electrons.